The third kappa shape index (κ3) is 4.02. The number of hydrogen-bond acceptors (Lipinski definition) is 4. The molecule has 0 aliphatic carbocycles. The molecule has 2 amide bonds. The number of nitrogens with two attached hydrogens (primary N) is 1. The highest BCUT2D eigenvalue weighted by molar-refractivity contribution is 7.99. The van der Waals surface area contributed by atoms with Gasteiger partial charge in [0.05, 0.1) is 12.6 Å². The van der Waals surface area contributed by atoms with E-state index in [0.717, 1.165) is 11.6 Å². The van der Waals surface area contributed by atoms with E-state index >= 15 is 0 Å². The summed E-state index contributed by atoms with van der Waals surface area (Å²) in [6.07, 6.45) is 0. The molecule has 5 nitrogen and oxygen atoms in total. The molecule has 1 aliphatic heterocycles. The number of primary amides is 1. The van der Waals surface area contributed by atoms with Gasteiger partial charge in [0.15, 0.2) is 0 Å². The largest absolute Gasteiger partial charge is 0.368 e. The van der Waals surface area contributed by atoms with Crippen molar-refractivity contribution in [2.75, 3.05) is 24.7 Å². The van der Waals surface area contributed by atoms with Crippen LogP contribution < -0.4 is 11.1 Å². The molecule has 1 aliphatic rings. The number of nitrogens with one attached hydrogen (secondary N) is 1. The highest BCUT2D eigenvalue weighted by atomic mass is 32.2. The van der Waals surface area contributed by atoms with Crippen LogP contribution in [0.1, 0.15) is 13.8 Å². The molecule has 0 aromatic carbocycles. The van der Waals surface area contributed by atoms with E-state index in [0.29, 0.717) is 12.5 Å². The number of rotatable bonds is 5. The first kappa shape index (κ1) is 13.3. The third-order valence-electron chi connectivity index (χ3n) is 2.26. The van der Waals surface area contributed by atoms with Crippen LogP contribution >= 0.6 is 11.8 Å². The van der Waals surface area contributed by atoms with Crippen LogP contribution in [0.25, 0.3) is 0 Å². The minimum absolute atomic E-state index is 0.0137. The standard InChI is InChI=1S/C10H19N3O2S/c1-7(2)3-13(4-9(11)14)10(15)8-5-16-6-12-8/h7-8,12H,3-6H2,1-2H3,(H2,11,14). The molecule has 6 heteroatoms. The van der Waals surface area contributed by atoms with Crippen LogP contribution in [-0.2, 0) is 9.59 Å². The molecule has 0 aromatic rings. The van der Waals surface area contributed by atoms with E-state index in [9.17, 15) is 9.59 Å². The summed E-state index contributed by atoms with van der Waals surface area (Å²) in [6, 6.07) is -0.164. The van der Waals surface area contributed by atoms with Crippen LogP contribution in [0, 0.1) is 5.92 Å². The van der Waals surface area contributed by atoms with E-state index in [1.807, 2.05) is 13.8 Å². The van der Waals surface area contributed by atoms with E-state index in [1.54, 1.807) is 16.7 Å². The summed E-state index contributed by atoms with van der Waals surface area (Å²) in [5.41, 5.74) is 5.15. The Balaban J connectivity index is 2.58. The first-order valence-electron chi connectivity index (χ1n) is 5.39. The molecule has 0 spiro atoms. The summed E-state index contributed by atoms with van der Waals surface area (Å²) in [5, 5.41) is 3.10. The lowest BCUT2D eigenvalue weighted by atomic mass is 10.2. The van der Waals surface area contributed by atoms with Crippen LogP contribution in [0.4, 0.5) is 0 Å². The summed E-state index contributed by atoms with van der Waals surface area (Å²) >= 11 is 1.69. The van der Waals surface area contributed by atoms with Crippen molar-refractivity contribution in [3.05, 3.63) is 0 Å². The first-order chi connectivity index (χ1) is 7.50. The molecule has 1 atom stereocenters. The van der Waals surface area contributed by atoms with Gasteiger partial charge in [-0.2, -0.15) is 0 Å². The molecule has 1 fully saturated rings. The Morgan fingerprint density at radius 3 is 2.69 bits per heavy atom. The van der Waals surface area contributed by atoms with Gasteiger partial charge in [-0.1, -0.05) is 13.8 Å². The molecule has 1 unspecified atom stereocenters. The summed E-state index contributed by atoms with van der Waals surface area (Å²) in [6.45, 7) is 4.61. The van der Waals surface area contributed by atoms with Crippen molar-refractivity contribution in [1.29, 1.82) is 0 Å². The predicted octanol–water partition coefficient (Wildman–Crippen LogP) is -0.381. The van der Waals surface area contributed by atoms with Crippen molar-refractivity contribution in [2.45, 2.75) is 19.9 Å². The van der Waals surface area contributed by atoms with Crippen LogP contribution in [0.5, 0.6) is 0 Å². The van der Waals surface area contributed by atoms with Gasteiger partial charge in [-0.05, 0) is 5.92 Å². The van der Waals surface area contributed by atoms with Gasteiger partial charge in [0.25, 0.3) is 0 Å². The van der Waals surface area contributed by atoms with E-state index < -0.39 is 5.91 Å². The Hall–Kier alpha value is -0.750. The molecule has 92 valence electrons. The summed E-state index contributed by atoms with van der Waals surface area (Å²) in [7, 11) is 0. The molecule has 16 heavy (non-hydrogen) atoms. The van der Waals surface area contributed by atoms with Crippen LogP contribution in [0.15, 0.2) is 0 Å². The van der Waals surface area contributed by atoms with Crippen LogP contribution in [0.3, 0.4) is 0 Å². The quantitative estimate of drug-likeness (QED) is 0.692. The van der Waals surface area contributed by atoms with E-state index in [-0.39, 0.29) is 18.5 Å². The lowest BCUT2D eigenvalue weighted by molar-refractivity contribution is -0.136. The molecule has 1 saturated heterocycles. The highest BCUT2D eigenvalue weighted by Gasteiger charge is 2.28. The Labute approximate surface area is 100 Å². The SMILES string of the molecule is CC(C)CN(CC(N)=O)C(=O)C1CSCN1. The molecule has 1 rings (SSSR count). The fraction of sp³-hybridized carbons (Fsp3) is 0.800. The molecule has 0 radical (unpaired) electrons. The molecule has 3 N–H and O–H groups in total. The number of amides is 2. The smallest absolute Gasteiger partial charge is 0.241 e. The minimum atomic E-state index is -0.459. The topological polar surface area (TPSA) is 75.4 Å². The van der Waals surface area contributed by atoms with Gasteiger partial charge in [-0.3, -0.25) is 14.9 Å². The van der Waals surface area contributed by atoms with Gasteiger partial charge in [0, 0.05) is 18.2 Å². The monoisotopic (exact) mass is 245 g/mol. The fourth-order valence-electron chi connectivity index (χ4n) is 1.64. The van der Waals surface area contributed by atoms with Gasteiger partial charge < -0.3 is 10.6 Å². The number of thioether (sulfide) groups is 1. The molecule has 0 saturated carbocycles. The Bertz CT molecular complexity index is 265. The maximum Gasteiger partial charge on any atom is 0.241 e. The van der Waals surface area contributed by atoms with Gasteiger partial charge >= 0.3 is 0 Å². The molecule has 0 bridgehead atoms. The minimum Gasteiger partial charge on any atom is -0.368 e. The predicted molar refractivity (Wildman–Crippen MR) is 64.9 cm³/mol. The zero-order chi connectivity index (χ0) is 12.1. The zero-order valence-electron chi connectivity index (χ0n) is 9.73. The number of hydrogen-bond donors (Lipinski definition) is 2. The number of carbonyl (C=O) groups excluding carboxylic acids is 2. The maximum absolute atomic E-state index is 12.1. The average Bonchev–Trinajstić information content (AvgIpc) is 2.66. The maximum atomic E-state index is 12.1. The zero-order valence-corrected chi connectivity index (χ0v) is 10.5. The second-order valence-corrected chi connectivity index (χ2v) is 5.38. The van der Waals surface area contributed by atoms with Crippen LogP contribution in [0.2, 0.25) is 0 Å². The van der Waals surface area contributed by atoms with E-state index in [4.69, 9.17) is 5.73 Å². The van der Waals surface area contributed by atoms with Crippen molar-refractivity contribution in [3.8, 4) is 0 Å². The lowest BCUT2D eigenvalue weighted by Gasteiger charge is -2.25. The van der Waals surface area contributed by atoms with E-state index in [1.165, 1.54) is 0 Å². The summed E-state index contributed by atoms with van der Waals surface area (Å²) in [4.78, 5) is 24.5. The second kappa shape index (κ2) is 6.10. The molecule has 1 heterocycles. The fourth-order valence-corrected chi connectivity index (χ4v) is 2.57. The second-order valence-electron chi connectivity index (χ2n) is 4.35. The third-order valence-corrected chi connectivity index (χ3v) is 3.20. The highest BCUT2D eigenvalue weighted by Crippen LogP contribution is 2.12. The molecular weight excluding hydrogens is 226 g/mol. The molecular formula is C10H19N3O2S. The number of nitrogens with zero attached hydrogens (tertiary/aromatic N) is 1. The summed E-state index contributed by atoms with van der Waals surface area (Å²) in [5.74, 6) is 1.42. The normalized spacial score (nSPS) is 20.1. The van der Waals surface area contributed by atoms with Crippen molar-refractivity contribution in [2.24, 2.45) is 11.7 Å². The first-order valence-corrected chi connectivity index (χ1v) is 6.54. The Morgan fingerprint density at radius 1 is 1.56 bits per heavy atom. The van der Waals surface area contributed by atoms with Crippen molar-refractivity contribution in [1.82, 2.24) is 10.2 Å². The van der Waals surface area contributed by atoms with Crippen molar-refractivity contribution < 1.29 is 9.59 Å². The van der Waals surface area contributed by atoms with Crippen molar-refractivity contribution >= 4 is 23.6 Å². The molecule has 0 aromatic heterocycles. The van der Waals surface area contributed by atoms with Gasteiger partial charge in [0.1, 0.15) is 0 Å². The number of carbonyl (C=O) groups is 2. The van der Waals surface area contributed by atoms with Crippen LogP contribution in [-0.4, -0.2) is 47.5 Å². The van der Waals surface area contributed by atoms with Gasteiger partial charge in [0.2, 0.25) is 11.8 Å². The van der Waals surface area contributed by atoms with Gasteiger partial charge in [-0.15, -0.1) is 11.8 Å². The Kier molecular flexibility index (Phi) is 5.08. The lowest BCUT2D eigenvalue weighted by Crippen LogP contribution is -2.49. The van der Waals surface area contributed by atoms with Crippen molar-refractivity contribution in [3.63, 3.8) is 0 Å². The van der Waals surface area contributed by atoms with E-state index in [2.05, 4.69) is 5.32 Å². The Morgan fingerprint density at radius 2 is 2.25 bits per heavy atom. The summed E-state index contributed by atoms with van der Waals surface area (Å²) < 4.78 is 0. The van der Waals surface area contributed by atoms with Gasteiger partial charge in [-0.25, -0.2) is 0 Å². The average molecular weight is 245 g/mol.